The molecule has 1 amide bonds. The Hall–Kier alpha value is -2.62. The van der Waals surface area contributed by atoms with Crippen molar-refractivity contribution in [2.45, 2.75) is 19.4 Å². The molecule has 0 aliphatic carbocycles. The van der Waals surface area contributed by atoms with Crippen molar-refractivity contribution in [1.29, 1.82) is 0 Å². The smallest absolute Gasteiger partial charge is 0.275 e. The van der Waals surface area contributed by atoms with Crippen molar-refractivity contribution in [2.75, 3.05) is 10.5 Å². The van der Waals surface area contributed by atoms with E-state index in [0.717, 1.165) is 5.56 Å². The van der Waals surface area contributed by atoms with E-state index in [9.17, 15) is 13.2 Å². The van der Waals surface area contributed by atoms with Gasteiger partial charge in [-0.15, -0.1) is 0 Å². The number of anilines is 1. The summed E-state index contributed by atoms with van der Waals surface area (Å²) in [4.78, 5) is 13.0. The molecule has 10 heteroatoms. The van der Waals surface area contributed by atoms with Crippen molar-refractivity contribution >= 4 is 50.3 Å². The molecular formula is C20H18ClN3O4S2. The van der Waals surface area contributed by atoms with Crippen molar-refractivity contribution in [3.05, 3.63) is 75.3 Å². The van der Waals surface area contributed by atoms with E-state index in [1.807, 2.05) is 11.4 Å². The van der Waals surface area contributed by atoms with Gasteiger partial charge in [0.2, 0.25) is 10.0 Å². The van der Waals surface area contributed by atoms with E-state index in [1.165, 1.54) is 16.3 Å². The second kappa shape index (κ2) is 8.25. The lowest BCUT2D eigenvalue weighted by molar-refractivity contribution is 0.0693. The lowest BCUT2D eigenvalue weighted by Crippen LogP contribution is -2.26. The highest BCUT2D eigenvalue weighted by molar-refractivity contribution is 7.92. The van der Waals surface area contributed by atoms with E-state index < -0.39 is 16.1 Å². The normalized spacial score (nSPS) is 16.5. The summed E-state index contributed by atoms with van der Waals surface area (Å²) in [6.07, 6.45) is 0.406. The molecular weight excluding hydrogens is 446 g/mol. The average molecular weight is 464 g/mol. The molecule has 0 unspecified atom stereocenters. The van der Waals surface area contributed by atoms with Gasteiger partial charge in [0, 0.05) is 17.5 Å². The molecule has 1 aliphatic rings. The van der Waals surface area contributed by atoms with Gasteiger partial charge in [-0.1, -0.05) is 12.1 Å². The first-order valence-electron chi connectivity index (χ1n) is 9.15. The Balaban J connectivity index is 1.68. The van der Waals surface area contributed by atoms with Crippen LogP contribution in [0, 0.1) is 0 Å². The number of halogens is 1. The lowest BCUT2D eigenvalue weighted by atomic mass is 10.0. The highest BCUT2D eigenvalue weighted by Crippen LogP contribution is 2.36. The Morgan fingerprint density at radius 2 is 2.17 bits per heavy atom. The number of sulfonamides is 1. The first-order chi connectivity index (χ1) is 14.4. The third kappa shape index (κ3) is 4.28. The molecule has 0 saturated carbocycles. The molecule has 156 valence electrons. The van der Waals surface area contributed by atoms with Crippen molar-refractivity contribution < 1.29 is 17.6 Å². The fraction of sp³-hybridized carbons (Fsp3) is 0.200. The van der Waals surface area contributed by atoms with Crippen molar-refractivity contribution in [2.24, 2.45) is 5.10 Å². The van der Waals surface area contributed by atoms with Crippen LogP contribution in [0.15, 0.2) is 62.7 Å². The minimum absolute atomic E-state index is 0.0254. The van der Waals surface area contributed by atoms with Crippen molar-refractivity contribution in [3.63, 3.8) is 0 Å². The molecule has 0 radical (unpaired) electrons. The highest BCUT2D eigenvalue weighted by Gasteiger charge is 2.36. The van der Waals surface area contributed by atoms with Gasteiger partial charge in [-0.25, -0.2) is 13.4 Å². The van der Waals surface area contributed by atoms with E-state index in [2.05, 4.69) is 9.82 Å². The maximum Gasteiger partial charge on any atom is 0.275 e. The van der Waals surface area contributed by atoms with Gasteiger partial charge < -0.3 is 4.42 Å². The Morgan fingerprint density at radius 3 is 2.83 bits per heavy atom. The van der Waals surface area contributed by atoms with E-state index in [-0.39, 0.29) is 16.9 Å². The largest absolute Gasteiger partial charge is 0.447 e. The van der Waals surface area contributed by atoms with Crippen molar-refractivity contribution in [3.8, 4) is 0 Å². The fourth-order valence-electron chi connectivity index (χ4n) is 3.13. The van der Waals surface area contributed by atoms with Crippen LogP contribution in [0.2, 0.25) is 5.22 Å². The summed E-state index contributed by atoms with van der Waals surface area (Å²) in [6.45, 7) is 1.57. The fourth-order valence-corrected chi connectivity index (χ4v) is 4.55. The molecule has 3 heterocycles. The van der Waals surface area contributed by atoms with Gasteiger partial charge in [-0.3, -0.25) is 9.52 Å². The standard InChI is InChI=1S/C20H18ClN3O4S2/c1-2-30(26,27)23-15-5-3-4-13(10-15)16-11-17(18-6-7-19(21)28-18)24(22-16)20(25)14-8-9-29-12-14/h3-10,12,17,23H,2,11H2,1H3/t17-/m1/s1. The number of hydrogen-bond donors (Lipinski definition) is 1. The Kier molecular flexibility index (Phi) is 5.68. The van der Waals surface area contributed by atoms with Crippen LogP contribution >= 0.6 is 22.9 Å². The van der Waals surface area contributed by atoms with E-state index in [0.29, 0.717) is 29.1 Å². The van der Waals surface area contributed by atoms with Crippen LogP contribution in [0.25, 0.3) is 0 Å². The van der Waals surface area contributed by atoms with Crippen molar-refractivity contribution in [1.82, 2.24) is 5.01 Å². The molecule has 1 aromatic carbocycles. The minimum atomic E-state index is -3.40. The molecule has 1 aliphatic heterocycles. The summed E-state index contributed by atoms with van der Waals surface area (Å²) in [5.74, 6) is 0.263. The number of carbonyl (C=O) groups is 1. The topological polar surface area (TPSA) is 92.0 Å². The number of benzene rings is 1. The van der Waals surface area contributed by atoms with Crippen LogP contribution in [-0.4, -0.2) is 30.8 Å². The maximum atomic E-state index is 13.0. The molecule has 30 heavy (non-hydrogen) atoms. The number of rotatable bonds is 6. The second-order valence-corrected chi connectivity index (χ2v) is 9.82. The number of hydrogen-bond acceptors (Lipinski definition) is 6. The van der Waals surface area contributed by atoms with Gasteiger partial charge in [0.15, 0.2) is 5.22 Å². The predicted octanol–water partition coefficient (Wildman–Crippen LogP) is 4.75. The van der Waals surface area contributed by atoms with Crippen LogP contribution in [-0.2, 0) is 10.0 Å². The molecule has 2 aromatic heterocycles. The van der Waals surface area contributed by atoms with Crippen LogP contribution in [0.4, 0.5) is 5.69 Å². The van der Waals surface area contributed by atoms with E-state index >= 15 is 0 Å². The number of nitrogens with one attached hydrogen (secondary N) is 1. The van der Waals surface area contributed by atoms with Gasteiger partial charge >= 0.3 is 0 Å². The van der Waals surface area contributed by atoms with Gasteiger partial charge in [0.05, 0.1) is 17.0 Å². The molecule has 1 atom stereocenters. The molecule has 0 bridgehead atoms. The summed E-state index contributed by atoms with van der Waals surface area (Å²) < 4.78 is 31.9. The van der Waals surface area contributed by atoms with E-state index in [4.69, 9.17) is 16.0 Å². The molecule has 3 aromatic rings. The van der Waals surface area contributed by atoms with Gasteiger partial charge in [-0.2, -0.15) is 16.4 Å². The van der Waals surface area contributed by atoms with Gasteiger partial charge in [0.25, 0.3) is 5.91 Å². The minimum Gasteiger partial charge on any atom is -0.447 e. The summed E-state index contributed by atoms with van der Waals surface area (Å²) >= 11 is 7.37. The Morgan fingerprint density at radius 1 is 1.33 bits per heavy atom. The maximum absolute atomic E-state index is 13.0. The number of nitrogens with zero attached hydrogens (tertiary/aromatic N) is 2. The highest BCUT2D eigenvalue weighted by atomic mass is 35.5. The van der Waals surface area contributed by atoms with Crippen LogP contribution in [0.3, 0.4) is 0 Å². The monoisotopic (exact) mass is 463 g/mol. The van der Waals surface area contributed by atoms with Gasteiger partial charge in [0.1, 0.15) is 11.8 Å². The zero-order chi connectivity index (χ0) is 21.3. The molecule has 0 spiro atoms. The molecule has 4 rings (SSSR count). The third-order valence-corrected chi connectivity index (χ3v) is 6.85. The number of carbonyl (C=O) groups excluding carboxylic acids is 1. The van der Waals surface area contributed by atoms with E-state index in [1.54, 1.807) is 48.7 Å². The summed E-state index contributed by atoms with van der Waals surface area (Å²) in [5.41, 5.74) is 2.34. The molecule has 0 fully saturated rings. The molecule has 7 nitrogen and oxygen atoms in total. The average Bonchev–Trinajstić information content (AvgIpc) is 3.47. The van der Waals surface area contributed by atoms with Gasteiger partial charge in [-0.05, 0) is 59.8 Å². The summed E-state index contributed by atoms with van der Waals surface area (Å²) in [5, 5.41) is 9.79. The summed E-state index contributed by atoms with van der Waals surface area (Å²) in [7, 11) is -3.40. The number of amides is 1. The van der Waals surface area contributed by atoms with Crippen LogP contribution in [0.1, 0.15) is 41.1 Å². The second-order valence-electron chi connectivity index (χ2n) is 6.66. The zero-order valence-electron chi connectivity index (χ0n) is 15.9. The predicted molar refractivity (Wildman–Crippen MR) is 118 cm³/mol. The van der Waals surface area contributed by atoms with Crippen LogP contribution in [0.5, 0.6) is 0 Å². The Bertz CT molecular complexity index is 1200. The third-order valence-electron chi connectivity index (χ3n) is 4.66. The number of thiophene rings is 1. The number of furan rings is 1. The first kappa shape index (κ1) is 20.6. The summed E-state index contributed by atoms with van der Waals surface area (Å²) in [6, 6.07) is 11.6. The Labute approximate surface area is 183 Å². The quantitative estimate of drug-likeness (QED) is 0.571. The lowest BCUT2D eigenvalue weighted by Gasteiger charge is -2.19. The number of hydrazone groups is 1. The van der Waals surface area contributed by atoms with Crippen LogP contribution < -0.4 is 4.72 Å². The zero-order valence-corrected chi connectivity index (χ0v) is 18.3. The first-order valence-corrected chi connectivity index (χ1v) is 12.1. The SMILES string of the molecule is CCS(=O)(=O)Nc1cccc(C2=NN(C(=O)c3ccsc3)[C@@H](c3ccc(Cl)o3)C2)c1. The molecule has 1 N–H and O–H groups in total. The molecule has 0 saturated heterocycles.